The molecule has 0 aliphatic carbocycles. The van der Waals surface area contributed by atoms with Gasteiger partial charge in [-0.15, -0.1) is 40.5 Å². The Kier molecular flexibility index (Phi) is 15.4. The summed E-state index contributed by atoms with van der Waals surface area (Å²) in [6.07, 6.45) is 2.43. The largest absolute Gasteiger partial charge is 0.512 e. The zero-order valence-corrected chi connectivity index (χ0v) is 36.4. The number of halogens is 3. The third kappa shape index (κ3) is 10.5. The fourth-order valence-electron chi connectivity index (χ4n) is 6.48. The number of aliphatic hydroxyl groups is 1. The van der Waals surface area contributed by atoms with Gasteiger partial charge in [0.25, 0.3) is 0 Å². The molecule has 5 aromatic rings. The Labute approximate surface area is 337 Å². The molecule has 2 aromatic heterocycles. The van der Waals surface area contributed by atoms with Gasteiger partial charge in [-0.1, -0.05) is 116 Å². The monoisotopic (exact) mass is 936 g/mol. The number of hydrogen-bond donors (Lipinski definition) is 1. The van der Waals surface area contributed by atoms with Crippen LogP contribution in [0.1, 0.15) is 105 Å². The van der Waals surface area contributed by atoms with E-state index in [4.69, 9.17) is 9.97 Å². The molecule has 0 unspecified atom stereocenters. The standard InChI is InChI=1S/C32H30F3N2S.C13H24O2.Ir/c1-19-18-36-27(23-15-22-9-7-8-10-24(22)25(16-23)30(2,3)4)28-26(19)37-29(38-28)21-13-11-20(12-14-21)17-31(5,6)32(33,34)35;1-5-10(6-2)12(14)9-13(15)11(7-3)8-4;/h7-14,16,18H,17H2,1-6H3;9-11,14H,5-8H2,1-4H3;/q-1;;/b;12-9-;. The van der Waals surface area contributed by atoms with Crippen LogP contribution in [-0.2, 0) is 36.7 Å². The number of benzene rings is 3. The summed E-state index contributed by atoms with van der Waals surface area (Å²) in [5.41, 5.74) is 4.55. The van der Waals surface area contributed by atoms with Crippen LogP contribution in [0, 0.1) is 30.2 Å². The minimum Gasteiger partial charge on any atom is -0.512 e. The van der Waals surface area contributed by atoms with E-state index in [9.17, 15) is 23.1 Å². The number of allylic oxidation sites excluding steroid dienone is 2. The van der Waals surface area contributed by atoms with E-state index in [0.717, 1.165) is 68.7 Å². The molecular weight excluding hydrogens is 882 g/mol. The van der Waals surface area contributed by atoms with Crippen molar-refractivity contribution in [2.45, 2.75) is 113 Å². The quantitative estimate of drug-likeness (QED) is 0.0814. The summed E-state index contributed by atoms with van der Waals surface area (Å²) in [5, 5.41) is 12.8. The maximum atomic E-state index is 13.4. The normalized spacial score (nSPS) is 12.6. The van der Waals surface area contributed by atoms with Gasteiger partial charge in [0, 0.05) is 60.2 Å². The van der Waals surface area contributed by atoms with Gasteiger partial charge in [0.2, 0.25) is 0 Å². The molecule has 0 atom stereocenters. The van der Waals surface area contributed by atoms with Crippen LogP contribution in [0.4, 0.5) is 13.2 Å². The number of thiazole rings is 1. The number of pyridine rings is 1. The number of carbonyl (C=O) groups excluding carboxylic acids is 1. The molecule has 1 N–H and O–H groups in total. The van der Waals surface area contributed by atoms with Crippen molar-refractivity contribution in [1.82, 2.24) is 9.97 Å². The second-order valence-electron chi connectivity index (χ2n) is 15.6. The Balaban J connectivity index is 0.000000418. The average molecular weight is 936 g/mol. The van der Waals surface area contributed by atoms with E-state index in [2.05, 4.69) is 51.1 Å². The summed E-state index contributed by atoms with van der Waals surface area (Å²) in [6, 6.07) is 21.3. The SMILES string of the molecule is CCC(CC)C(=O)/C=C(\O)C(CC)CC.Cc1cnc(-c2[c-]c3ccccc3c(C(C)(C)C)c2)c2sc(-c3ccc(CC(C)(C)C(F)(F)F)cc3)nc12.[Ir]. The fourth-order valence-corrected chi connectivity index (χ4v) is 7.62. The van der Waals surface area contributed by atoms with Crippen molar-refractivity contribution in [3.63, 3.8) is 0 Å². The number of nitrogens with zero attached hydrogens (tertiary/aromatic N) is 2. The van der Waals surface area contributed by atoms with E-state index in [1.165, 1.54) is 30.9 Å². The van der Waals surface area contributed by atoms with Gasteiger partial charge < -0.3 is 5.11 Å². The zero-order valence-electron chi connectivity index (χ0n) is 33.2. The van der Waals surface area contributed by atoms with Crippen LogP contribution in [0.15, 0.2) is 72.6 Å². The number of hydrogen-bond acceptors (Lipinski definition) is 5. The number of carbonyl (C=O) groups is 1. The molecule has 0 aliphatic rings. The van der Waals surface area contributed by atoms with Crippen LogP contribution in [0.5, 0.6) is 0 Å². The number of aromatic nitrogens is 2. The number of rotatable bonds is 11. The first-order valence-corrected chi connectivity index (χ1v) is 19.5. The number of ketones is 1. The van der Waals surface area contributed by atoms with Gasteiger partial charge >= 0.3 is 6.18 Å². The molecule has 0 saturated heterocycles. The Morgan fingerprint density at radius 2 is 1.50 bits per heavy atom. The first kappa shape index (κ1) is 45.0. The molecule has 2 heterocycles. The van der Waals surface area contributed by atoms with E-state index in [0.29, 0.717) is 5.56 Å². The van der Waals surface area contributed by atoms with Crippen molar-refractivity contribution < 1.29 is 43.2 Å². The van der Waals surface area contributed by atoms with Crippen molar-refractivity contribution in [3.05, 3.63) is 95.4 Å². The molecule has 0 fully saturated rings. The molecule has 3 aromatic carbocycles. The molecule has 1 radical (unpaired) electrons. The fraction of sp³-hybridized carbons (Fsp3) is 0.444. The predicted molar refractivity (Wildman–Crippen MR) is 215 cm³/mol. The molecular formula is C45H54F3IrN2O2S-. The van der Waals surface area contributed by atoms with Gasteiger partial charge in [-0.2, -0.15) is 13.2 Å². The van der Waals surface area contributed by atoms with E-state index in [1.807, 2.05) is 59.0 Å². The van der Waals surface area contributed by atoms with E-state index >= 15 is 0 Å². The Morgan fingerprint density at radius 1 is 0.907 bits per heavy atom. The summed E-state index contributed by atoms with van der Waals surface area (Å²) in [6.45, 7) is 19.2. The molecule has 0 saturated carbocycles. The van der Waals surface area contributed by atoms with Crippen molar-refractivity contribution in [1.29, 1.82) is 0 Å². The smallest absolute Gasteiger partial charge is 0.394 e. The third-order valence-corrected chi connectivity index (χ3v) is 11.2. The Morgan fingerprint density at radius 3 is 2.06 bits per heavy atom. The van der Waals surface area contributed by atoms with Gasteiger partial charge in [-0.25, -0.2) is 4.98 Å². The van der Waals surface area contributed by atoms with Gasteiger partial charge in [0.1, 0.15) is 5.01 Å². The Bertz CT molecular complexity index is 2050. The molecule has 0 aliphatic heterocycles. The van der Waals surface area contributed by atoms with Crippen LogP contribution < -0.4 is 0 Å². The van der Waals surface area contributed by atoms with Crippen molar-refractivity contribution >= 4 is 38.1 Å². The van der Waals surface area contributed by atoms with Crippen LogP contribution in [-0.4, -0.2) is 27.0 Å². The van der Waals surface area contributed by atoms with Gasteiger partial charge in [-0.05, 0) is 55.6 Å². The Hall–Kier alpha value is -3.39. The summed E-state index contributed by atoms with van der Waals surface area (Å²) in [4.78, 5) is 21.5. The van der Waals surface area contributed by atoms with Crippen LogP contribution in [0.2, 0.25) is 0 Å². The molecule has 0 amide bonds. The molecule has 9 heteroatoms. The van der Waals surface area contributed by atoms with E-state index in [-0.39, 0.29) is 55.3 Å². The number of aryl methyl sites for hydroxylation is 1. The molecule has 0 bridgehead atoms. The molecule has 4 nitrogen and oxygen atoms in total. The summed E-state index contributed by atoms with van der Waals surface area (Å²) >= 11 is 1.55. The minimum absolute atomic E-state index is 0. The van der Waals surface area contributed by atoms with Gasteiger partial charge in [0.15, 0.2) is 5.78 Å². The summed E-state index contributed by atoms with van der Waals surface area (Å²) < 4.78 is 41.1. The summed E-state index contributed by atoms with van der Waals surface area (Å²) in [5.74, 6) is 0.547. The molecule has 293 valence electrons. The first-order valence-electron chi connectivity index (χ1n) is 18.7. The van der Waals surface area contributed by atoms with Crippen LogP contribution >= 0.6 is 11.3 Å². The topological polar surface area (TPSA) is 63.1 Å². The van der Waals surface area contributed by atoms with Crippen molar-refractivity contribution in [2.24, 2.45) is 17.3 Å². The second-order valence-corrected chi connectivity index (χ2v) is 16.6. The van der Waals surface area contributed by atoms with E-state index in [1.54, 1.807) is 23.5 Å². The minimum atomic E-state index is -4.26. The zero-order chi connectivity index (χ0) is 39.3. The molecule has 5 rings (SSSR count). The third-order valence-electron chi connectivity index (χ3n) is 10.1. The maximum absolute atomic E-state index is 13.4. The summed E-state index contributed by atoms with van der Waals surface area (Å²) in [7, 11) is 0. The predicted octanol–water partition coefficient (Wildman–Crippen LogP) is 13.6. The molecule has 0 spiro atoms. The van der Waals surface area contributed by atoms with Crippen LogP contribution in [0.3, 0.4) is 0 Å². The second kappa shape index (κ2) is 18.5. The average Bonchev–Trinajstić information content (AvgIpc) is 3.55. The van der Waals surface area contributed by atoms with Crippen molar-refractivity contribution in [2.75, 3.05) is 0 Å². The number of alkyl halides is 3. The number of fused-ring (bicyclic) bond motifs is 2. The van der Waals surface area contributed by atoms with Crippen LogP contribution in [0.25, 0.3) is 42.8 Å². The first-order chi connectivity index (χ1) is 24.8. The van der Waals surface area contributed by atoms with Crippen molar-refractivity contribution in [3.8, 4) is 21.8 Å². The van der Waals surface area contributed by atoms with Gasteiger partial charge in [-0.3, -0.25) is 9.78 Å². The maximum Gasteiger partial charge on any atom is 0.394 e. The number of aliphatic hydroxyl groups excluding tert-OH is 1. The van der Waals surface area contributed by atoms with E-state index < -0.39 is 11.6 Å². The van der Waals surface area contributed by atoms with Gasteiger partial charge in [0.05, 0.1) is 16.7 Å². The molecule has 54 heavy (non-hydrogen) atoms.